The van der Waals surface area contributed by atoms with Crippen LogP contribution in [0, 0.1) is 0 Å². The van der Waals surface area contributed by atoms with E-state index in [9.17, 15) is 23.1 Å². The Labute approximate surface area is 142 Å². The first-order valence-electron chi connectivity index (χ1n) is 7.79. The molecular weight excluding hydrogens is 337 g/mol. The van der Waals surface area contributed by atoms with Crippen molar-refractivity contribution in [3.8, 4) is 0 Å². The number of carbonyl (C=O) groups is 1. The zero-order chi connectivity index (χ0) is 18.6. The van der Waals surface area contributed by atoms with Gasteiger partial charge in [0.25, 0.3) is 0 Å². The molecule has 1 unspecified atom stereocenters. The Balaban J connectivity index is 2.31. The van der Waals surface area contributed by atoms with Crippen LogP contribution in [0.1, 0.15) is 48.6 Å². The molecule has 0 saturated heterocycles. The van der Waals surface area contributed by atoms with Crippen LogP contribution in [0.25, 0.3) is 0 Å². The van der Waals surface area contributed by atoms with E-state index in [0.29, 0.717) is 6.54 Å². The summed E-state index contributed by atoms with van der Waals surface area (Å²) in [5, 5.41) is 14.6. The number of aromatic nitrogens is 3. The van der Waals surface area contributed by atoms with E-state index in [2.05, 4.69) is 10.1 Å². The Bertz CT molecular complexity index is 726. The highest BCUT2D eigenvalue weighted by molar-refractivity contribution is 5.75. The Hall–Kier alpha value is -2.42. The molecule has 1 aromatic heterocycles. The number of nitrogens with two attached hydrogens (primary N) is 1. The van der Waals surface area contributed by atoms with Gasteiger partial charge in [0.15, 0.2) is 11.6 Å². The van der Waals surface area contributed by atoms with E-state index in [1.165, 1.54) is 16.8 Å². The third-order valence-electron chi connectivity index (χ3n) is 3.60. The molecule has 9 heteroatoms. The minimum Gasteiger partial charge on any atom is -0.380 e. The number of benzene rings is 1. The van der Waals surface area contributed by atoms with Gasteiger partial charge in [-0.2, -0.15) is 18.3 Å². The van der Waals surface area contributed by atoms with Crippen molar-refractivity contribution in [2.75, 3.05) is 0 Å². The molecule has 0 spiro atoms. The van der Waals surface area contributed by atoms with Crippen LogP contribution in [-0.4, -0.2) is 25.8 Å². The number of halogens is 3. The fourth-order valence-electron chi connectivity index (χ4n) is 2.31. The third kappa shape index (κ3) is 4.79. The first-order valence-corrected chi connectivity index (χ1v) is 7.79. The highest BCUT2D eigenvalue weighted by Gasteiger charge is 2.30. The molecule has 0 aliphatic heterocycles. The van der Waals surface area contributed by atoms with Gasteiger partial charge < -0.3 is 10.8 Å². The second-order valence-electron chi connectivity index (χ2n) is 5.63. The number of unbranched alkanes of at least 4 members (excludes halogenated alkanes) is 1. The minimum atomic E-state index is -4.45. The molecule has 1 amide bonds. The molecule has 0 fully saturated rings. The molecule has 136 valence electrons. The maximum absolute atomic E-state index is 12.6. The highest BCUT2D eigenvalue weighted by atomic mass is 19.4. The summed E-state index contributed by atoms with van der Waals surface area (Å²) in [5.41, 5.74) is 4.58. The number of carbonyl (C=O) groups excluding carboxylic acids is 1. The van der Waals surface area contributed by atoms with Gasteiger partial charge >= 0.3 is 6.18 Å². The smallest absolute Gasteiger partial charge is 0.380 e. The Morgan fingerprint density at radius 3 is 2.48 bits per heavy atom. The first-order chi connectivity index (χ1) is 11.7. The number of rotatable bonds is 7. The topological polar surface area (TPSA) is 94.0 Å². The molecule has 0 saturated carbocycles. The molecule has 2 rings (SSSR count). The quantitative estimate of drug-likeness (QED) is 0.795. The number of aliphatic hydroxyl groups is 1. The van der Waals surface area contributed by atoms with Crippen molar-refractivity contribution in [3.63, 3.8) is 0 Å². The lowest BCUT2D eigenvalue weighted by molar-refractivity contribution is -0.137. The fourth-order valence-corrected chi connectivity index (χ4v) is 2.31. The number of nitrogens with zero attached hydrogens (tertiary/aromatic N) is 3. The van der Waals surface area contributed by atoms with Crippen molar-refractivity contribution in [2.24, 2.45) is 5.73 Å². The van der Waals surface area contributed by atoms with Crippen molar-refractivity contribution >= 4 is 5.91 Å². The number of aliphatic hydroxyl groups excluding tert-OH is 1. The van der Waals surface area contributed by atoms with Crippen LogP contribution >= 0.6 is 0 Å². The molecule has 25 heavy (non-hydrogen) atoms. The normalized spacial score (nSPS) is 13.0. The predicted octanol–water partition coefficient (Wildman–Crippen LogP) is 2.21. The van der Waals surface area contributed by atoms with Gasteiger partial charge in [-0.3, -0.25) is 4.79 Å². The van der Waals surface area contributed by atoms with Crippen LogP contribution in [0.15, 0.2) is 24.3 Å². The van der Waals surface area contributed by atoms with Gasteiger partial charge in [-0.1, -0.05) is 25.5 Å². The van der Waals surface area contributed by atoms with Crippen LogP contribution in [-0.2, 0) is 23.9 Å². The SMILES string of the molecule is CCCCn1nc(CC(N)=O)nc1C(O)c1ccc(C(F)(F)F)cc1. The van der Waals surface area contributed by atoms with Crippen LogP contribution in [0.4, 0.5) is 13.2 Å². The number of primary amides is 1. The zero-order valence-electron chi connectivity index (χ0n) is 13.6. The molecule has 6 nitrogen and oxygen atoms in total. The molecule has 2 aromatic rings. The highest BCUT2D eigenvalue weighted by Crippen LogP contribution is 2.30. The summed E-state index contributed by atoms with van der Waals surface area (Å²) in [4.78, 5) is 15.2. The van der Waals surface area contributed by atoms with Crippen molar-refractivity contribution < 1.29 is 23.1 Å². The number of hydrogen-bond donors (Lipinski definition) is 2. The summed E-state index contributed by atoms with van der Waals surface area (Å²) < 4.78 is 39.4. The van der Waals surface area contributed by atoms with E-state index in [1.807, 2.05) is 6.92 Å². The monoisotopic (exact) mass is 356 g/mol. The standard InChI is InChI=1S/C16H19F3N4O2/c1-2-3-8-23-15(21-13(22-23)9-12(20)24)14(25)10-4-6-11(7-5-10)16(17,18)19/h4-7,14,25H,2-3,8-9H2,1H3,(H2,20,24). The van der Waals surface area contributed by atoms with Crippen molar-refractivity contribution in [3.05, 3.63) is 47.0 Å². The maximum atomic E-state index is 12.6. The molecule has 3 N–H and O–H groups in total. The Morgan fingerprint density at radius 1 is 1.32 bits per heavy atom. The molecular formula is C16H19F3N4O2. The Kier molecular flexibility index (Phi) is 5.78. The summed E-state index contributed by atoms with van der Waals surface area (Å²) in [5.74, 6) is -0.266. The number of amides is 1. The number of hydrogen-bond acceptors (Lipinski definition) is 4. The van der Waals surface area contributed by atoms with Crippen molar-refractivity contribution in [1.82, 2.24) is 14.8 Å². The van der Waals surface area contributed by atoms with Crippen molar-refractivity contribution in [1.29, 1.82) is 0 Å². The average molecular weight is 356 g/mol. The van der Waals surface area contributed by atoms with Gasteiger partial charge in [-0.05, 0) is 24.1 Å². The number of alkyl halides is 3. The summed E-state index contributed by atoms with van der Waals surface area (Å²) in [7, 11) is 0. The molecule has 1 heterocycles. The molecule has 1 atom stereocenters. The first kappa shape index (κ1) is 18.9. The minimum absolute atomic E-state index is 0.171. The Morgan fingerprint density at radius 2 is 1.96 bits per heavy atom. The molecule has 0 aliphatic rings. The van der Waals surface area contributed by atoms with Gasteiger partial charge in [0.1, 0.15) is 6.10 Å². The largest absolute Gasteiger partial charge is 0.416 e. The summed E-state index contributed by atoms with van der Waals surface area (Å²) in [6, 6.07) is 4.19. The van der Waals surface area contributed by atoms with Gasteiger partial charge in [0.2, 0.25) is 5.91 Å². The molecule has 0 aliphatic carbocycles. The van der Waals surface area contributed by atoms with Crippen LogP contribution < -0.4 is 5.73 Å². The fraction of sp³-hybridized carbons (Fsp3) is 0.438. The second-order valence-corrected chi connectivity index (χ2v) is 5.63. The predicted molar refractivity (Wildman–Crippen MR) is 83.3 cm³/mol. The van der Waals surface area contributed by atoms with Gasteiger partial charge in [-0.15, -0.1) is 0 Å². The van der Waals surface area contributed by atoms with E-state index in [1.54, 1.807) is 0 Å². The summed E-state index contributed by atoms with van der Waals surface area (Å²) >= 11 is 0. The van der Waals surface area contributed by atoms with Crippen LogP contribution in [0.5, 0.6) is 0 Å². The molecule has 1 aromatic carbocycles. The van der Waals surface area contributed by atoms with Gasteiger partial charge in [-0.25, -0.2) is 9.67 Å². The average Bonchev–Trinajstić information content (AvgIpc) is 2.93. The van der Waals surface area contributed by atoms with E-state index in [4.69, 9.17) is 5.73 Å². The zero-order valence-corrected chi connectivity index (χ0v) is 13.6. The van der Waals surface area contributed by atoms with Gasteiger partial charge in [0.05, 0.1) is 12.0 Å². The molecule has 0 radical (unpaired) electrons. The lowest BCUT2D eigenvalue weighted by Crippen LogP contribution is -2.14. The van der Waals surface area contributed by atoms with Gasteiger partial charge in [0, 0.05) is 6.54 Å². The summed E-state index contributed by atoms with van der Waals surface area (Å²) in [6.45, 7) is 2.45. The van der Waals surface area contributed by atoms with E-state index in [0.717, 1.165) is 25.0 Å². The molecule has 0 bridgehead atoms. The lowest BCUT2D eigenvalue weighted by Gasteiger charge is -2.13. The van der Waals surface area contributed by atoms with E-state index in [-0.39, 0.29) is 23.6 Å². The van der Waals surface area contributed by atoms with Crippen LogP contribution in [0.3, 0.4) is 0 Å². The maximum Gasteiger partial charge on any atom is 0.416 e. The van der Waals surface area contributed by atoms with Crippen molar-refractivity contribution in [2.45, 2.75) is 45.0 Å². The lowest BCUT2D eigenvalue weighted by atomic mass is 10.1. The second kappa shape index (κ2) is 7.64. The van der Waals surface area contributed by atoms with E-state index >= 15 is 0 Å². The van der Waals surface area contributed by atoms with E-state index < -0.39 is 23.8 Å². The third-order valence-corrected chi connectivity index (χ3v) is 3.60. The summed E-state index contributed by atoms with van der Waals surface area (Å²) in [6.07, 6.45) is -4.23. The van der Waals surface area contributed by atoms with Crippen LogP contribution in [0.2, 0.25) is 0 Å². The number of aryl methyl sites for hydroxylation is 1.